The molecule has 4 rings (SSSR count). The van der Waals surface area contributed by atoms with Gasteiger partial charge in [0.2, 0.25) is 6.79 Å². The SMILES string of the molecule is C=CC(=O)OCCCCOc1ccc(OCOc2ccc(/C=N/N=C/c3ccc(OC(=O)c4ccc(OCCCCOC(=O)C=C)cc4)cc3)cc2OCC)cc1. The first-order chi connectivity index (χ1) is 27.9. The van der Waals surface area contributed by atoms with E-state index in [4.69, 9.17) is 37.9 Å². The maximum absolute atomic E-state index is 12.6. The van der Waals surface area contributed by atoms with Crippen LogP contribution in [0.3, 0.4) is 0 Å². The Morgan fingerprint density at radius 1 is 0.544 bits per heavy atom. The summed E-state index contributed by atoms with van der Waals surface area (Å²) in [5.74, 6) is 1.98. The summed E-state index contributed by atoms with van der Waals surface area (Å²) in [4.78, 5) is 34.8. The summed E-state index contributed by atoms with van der Waals surface area (Å²) in [5, 5.41) is 8.29. The molecule has 0 radical (unpaired) electrons. The van der Waals surface area contributed by atoms with Gasteiger partial charge in [-0.3, -0.25) is 0 Å². The van der Waals surface area contributed by atoms with Crippen molar-refractivity contribution in [1.82, 2.24) is 0 Å². The average molecular weight is 779 g/mol. The lowest BCUT2D eigenvalue weighted by Gasteiger charge is -2.13. The average Bonchev–Trinajstić information content (AvgIpc) is 3.23. The van der Waals surface area contributed by atoms with Crippen molar-refractivity contribution in [3.8, 4) is 34.5 Å². The van der Waals surface area contributed by atoms with Crippen molar-refractivity contribution in [3.63, 3.8) is 0 Å². The number of benzene rings is 4. The van der Waals surface area contributed by atoms with Crippen LogP contribution in [0.1, 0.15) is 54.1 Å². The van der Waals surface area contributed by atoms with Gasteiger partial charge in [0, 0.05) is 12.2 Å². The van der Waals surface area contributed by atoms with Crippen LogP contribution < -0.4 is 28.4 Å². The second kappa shape index (κ2) is 24.5. The zero-order valence-electron chi connectivity index (χ0n) is 31.8. The number of rotatable bonds is 25. The van der Waals surface area contributed by atoms with Crippen LogP contribution in [0.4, 0.5) is 0 Å². The monoisotopic (exact) mass is 778 g/mol. The lowest BCUT2D eigenvalue weighted by atomic mass is 10.2. The van der Waals surface area contributed by atoms with E-state index in [0.29, 0.717) is 92.4 Å². The first kappa shape index (κ1) is 42.8. The standard InChI is InChI=1S/C44H46N2O11/c1-4-42(47)53-27-9-7-25-51-36-18-14-35(15-19-36)44(49)57-39-16-11-33(12-17-39)30-45-46-31-34-13-24-40(41(29-34)50-6-3)56-32-55-38-22-20-37(21-23-38)52-26-8-10-28-54-43(48)5-2/h4-5,11-24,29-31H,1-2,6-10,25-28,32H2,3H3/b45-30+,46-31+. The van der Waals surface area contributed by atoms with Crippen LogP contribution in [0.5, 0.6) is 34.5 Å². The van der Waals surface area contributed by atoms with E-state index in [0.717, 1.165) is 29.7 Å². The van der Waals surface area contributed by atoms with Crippen LogP contribution >= 0.6 is 0 Å². The first-order valence-electron chi connectivity index (χ1n) is 18.3. The molecule has 0 spiro atoms. The van der Waals surface area contributed by atoms with Gasteiger partial charge in [0.1, 0.15) is 23.0 Å². The van der Waals surface area contributed by atoms with E-state index >= 15 is 0 Å². The number of hydrogen-bond donors (Lipinski definition) is 0. The number of carbonyl (C=O) groups is 3. The number of ether oxygens (including phenoxy) is 8. The highest BCUT2D eigenvalue weighted by Gasteiger charge is 2.10. The third-order valence-electron chi connectivity index (χ3n) is 7.63. The lowest BCUT2D eigenvalue weighted by molar-refractivity contribution is -0.138. The fourth-order valence-corrected chi connectivity index (χ4v) is 4.71. The van der Waals surface area contributed by atoms with Crippen molar-refractivity contribution in [2.24, 2.45) is 10.2 Å². The molecule has 13 heteroatoms. The minimum Gasteiger partial charge on any atom is -0.494 e. The molecule has 0 saturated heterocycles. The zero-order chi connectivity index (χ0) is 40.5. The van der Waals surface area contributed by atoms with E-state index in [-0.39, 0.29) is 6.79 Å². The van der Waals surface area contributed by atoms with Gasteiger partial charge in [-0.05, 0) is 135 Å². The van der Waals surface area contributed by atoms with Gasteiger partial charge >= 0.3 is 17.9 Å². The molecular weight excluding hydrogens is 732 g/mol. The van der Waals surface area contributed by atoms with E-state index in [1.807, 2.05) is 25.1 Å². The summed E-state index contributed by atoms with van der Waals surface area (Å²) in [7, 11) is 0. The zero-order valence-corrected chi connectivity index (χ0v) is 31.8. The van der Waals surface area contributed by atoms with Crippen LogP contribution in [0.25, 0.3) is 0 Å². The van der Waals surface area contributed by atoms with Gasteiger partial charge in [-0.25, -0.2) is 14.4 Å². The molecule has 0 atom stereocenters. The Morgan fingerprint density at radius 3 is 1.60 bits per heavy atom. The van der Waals surface area contributed by atoms with Gasteiger partial charge in [0.25, 0.3) is 0 Å². The maximum atomic E-state index is 12.6. The molecule has 0 heterocycles. The molecule has 0 aliphatic carbocycles. The molecule has 57 heavy (non-hydrogen) atoms. The van der Waals surface area contributed by atoms with Crippen molar-refractivity contribution < 1.29 is 52.3 Å². The third-order valence-corrected chi connectivity index (χ3v) is 7.63. The largest absolute Gasteiger partial charge is 0.494 e. The van der Waals surface area contributed by atoms with E-state index in [1.165, 1.54) is 0 Å². The van der Waals surface area contributed by atoms with Gasteiger partial charge in [-0.2, -0.15) is 10.2 Å². The minimum atomic E-state index is -0.500. The highest BCUT2D eigenvalue weighted by Crippen LogP contribution is 2.28. The molecule has 0 bridgehead atoms. The second-order valence-corrected chi connectivity index (χ2v) is 11.8. The fourth-order valence-electron chi connectivity index (χ4n) is 4.71. The van der Waals surface area contributed by atoms with Gasteiger partial charge in [-0.15, -0.1) is 0 Å². The fraction of sp³-hybridized carbons (Fsp3) is 0.250. The van der Waals surface area contributed by atoms with Crippen LogP contribution in [0.2, 0.25) is 0 Å². The van der Waals surface area contributed by atoms with Crippen molar-refractivity contribution in [2.45, 2.75) is 32.6 Å². The molecule has 4 aromatic rings. The van der Waals surface area contributed by atoms with Gasteiger partial charge in [-0.1, -0.05) is 13.2 Å². The molecule has 0 fully saturated rings. The maximum Gasteiger partial charge on any atom is 0.343 e. The van der Waals surface area contributed by atoms with E-state index in [2.05, 4.69) is 23.4 Å². The summed E-state index contributed by atoms with van der Waals surface area (Å²) in [6, 6.07) is 26.1. The Hall–Kier alpha value is -6.89. The topological polar surface area (TPSA) is 150 Å². The number of hydrogen-bond acceptors (Lipinski definition) is 13. The van der Waals surface area contributed by atoms with Crippen molar-refractivity contribution in [3.05, 3.63) is 133 Å². The molecule has 0 saturated carbocycles. The highest BCUT2D eigenvalue weighted by atomic mass is 16.7. The molecule has 4 aromatic carbocycles. The Balaban J connectivity index is 1.17. The molecule has 0 unspecified atom stereocenters. The normalized spacial score (nSPS) is 10.8. The molecule has 0 aliphatic rings. The summed E-state index contributed by atoms with van der Waals surface area (Å²) in [6.07, 6.45) is 8.26. The van der Waals surface area contributed by atoms with Gasteiger partial charge in [0.15, 0.2) is 11.5 Å². The number of nitrogens with zero attached hydrogens (tertiary/aromatic N) is 2. The molecule has 0 aromatic heterocycles. The molecular formula is C44H46N2O11. The smallest absolute Gasteiger partial charge is 0.343 e. The summed E-state index contributed by atoms with van der Waals surface area (Å²) < 4.78 is 44.1. The molecule has 0 N–H and O–H groups in total. The summed E-state index contributed by atoms with van der Waals surface area (Å²) in [6.45, 7) is 10.6. The summed E-state index contributed by atoms with van der Waals surface area (Å²) >= 11 is 0. The quantitative estimate of drug-likeness (QED) is 0.0123. The van der Waals surface area contributed by atoms with E-state index < -0.39 is 17.9 Å². The molecule has 0 aliphatic heterocycles. The predicted molar refractivity (Wildman–Crippen MR) is 215 cm³/mol. The molecule has 298 valence electrons. The molecule has 13 nitrogen and oxygen atoms in total. The Labute approximate surface area is 332 Å². The first-order valence-corrected chi connectivity index (χ1v) is 18.3. The van der Waals surface area contributed by atoms with Crippen LogP contribution in [0, 0.1) is 0 Å². The predicted octanol–water partition coefficient (Wildman–Crippen LogP) is 7.95. The van der Waals surface area contributed by atoms with Crippen molar-refractivity contribution in [2.75, 3.05) is 39.8 Å². The second-order valence-electron chi connectivity index (χ2n) is 11.8. The number of carbonyl (C=O) groups excluding carboxylic acids is 3. The number of esters is 3. The summed E-state index contributed by atoms with van der Waals surface area (Å²) in [5.41, 5.74) is 1.89. The van der Waals surface area contributed by atoms with Gasteiger partial charge in [0.05, 0.1) is 51.0 Å². The van der Waals surface area contributed by atoms with Crippen molar-refractivity contribution in [1.29, 1.82) is 0 Å². The lowest BCUT2D eigenvalue weighted by Crippen LogP contribution is -2.08. The van der Waals surface area contributed by atoms with Gasteiger partial charge < -0.3 is 37.9 Å². The Bertz CT molecular complexity index is 1940. The van der Waals surface area contributed by atoms with E-state index in [1.54, 1.807) is 85.2 Å². The third kappa shape index (κ3) is 16.2. The van der Waals surface area contributed by atoms with Crippen LogP contribution in [-0.4, -0.2) is 70.2 Å². The van der Waals surface area contributed by atoms with Crippen LogP contribution in [0.15, 0.2) is 127 Å². The minimum absolute atomic E-state index is 0.0385. The van der Waals surface area contributed by atoms with E-state index in [9.17, 15) is 14.4 Å². The molecule has 0 amide bonds. The Morgan fingerprint density at radius 2 is 1.04 bits per heavy atom. The Kier molecular flexibility index (Phi) is 18.4. The number of unbranched alkanes of at least 4 members (excludes halogenated alkanes) is 2. The van der Waals surface area contributed by atoms with Crippen molar-refractivity contribution >= 4 is 30.3 Å². The van der Waals surface area contributed by atoms with Crippen LogP contribution in [-0.2, 0) is 19.1 Å². The highest BCUT2D eigenvalue weighted by molar-refractivity contribution is 5.91.